The number of hydrogen-bond donors (Lipinski definition) is 4. The fourth-order valence-electron chi connectivity index (χ4n) is 5.31. The summed E-state index contributed by atoms with van der Waals surface area (Å²) in [5.41, 5.74) is 3.37. The lowest BCUT2D eigenvalue weighted by atomic mass is 9.84. The highest BCUT2D eigenvalue weighted by atomic mass is 19.4. The first-order chi connectivity index (χ1) is 20.6. The molecule has 4 heterocycles. The van der Waals surface area contributed by atoms with E-state index in [1.165, 1.54) is 12.8 Å². The summed E-state index contributed by atoms with van der Waals surface area (Å²) in [6, 6.07) is 5.89. The van der Waals surface area contributed by atoms with E-state index in [4.69, 9.17) is 19.8 Å². The van der Waals surface area contributed by atoms with Gasteiger partial charge in [0, 0.05) is 48.5 Å². The number of aromatic nitrogens is 5. The summed E-state index contributed by atoms with van der Waals surface area (Å²) in [5.74, 6) is -4.75. The van der Waals surface area contributed by atoms with E-state index in [1.54, 1.807) is 23.1 Å². The van der Waals surface area contributed by atoms with Gasteiger partial charge in [-0.1, -0.05) is 6.07 Å². The maximum Gasteiger partial charge on any atom is 0.490 e. The Morgan fingerprint density at radius 2 is 1.49 bits per heavy atom. The number of rotatable bonds is 4. The number of nitrogens with zero attached hydrogens (tertiary/aromatic N) is 6. The first kappa shape index (κ1) is 35.0. The number of anilines is 1. The second-order valence-electron chi connectivity index (χ2n) is 11.3. The van der Waals surface area contributed by atoms with Crippen molar-refractivity contribution in [2.45, 2.75) is 69.0 Å². The quantitative estimate of drug-likeness (QED) is 0.296. The van der Waals surface area contributed by atoms with Crippen LogP contribution < -0.4 is 10.2 Å². The summed E-state index contributed by atoms with van der Waals surface area (Å²) in [6.07, 6.45) is -0.235. The maximum absolute atomic E-state index is 10.6. The number of carboxylic acids is 2. The molecule has 5 rings (SSSR count). The van der Waals surface area contributed by atoms with Gasteiger partial charge in [0.05, 0.1) is 12.4 Å². The molecule has 12 nitrogen and oxygen atoms in total. The molecule has 1 unspecified atom stereocenters. The highest BCUT2D eigenvalue weighted by Gasteiger charge is 2.49. The molecule has 2 bridgehead atoms. The summed E-state index contributed by atoms with van der Waals surface area (Å²) in [6.45, 7) is 4.64. The predicted octanol–water partition coefficient (Wildman–Crippen LogP) is 4.41. The Balaban J connectivity index is 0.000000331. The third-order valence-electron chi connectivity index (χ3n) is 7.41. The Bertz CT molecular complexity index is 1470. The molecule has 0 spiro atoms. The monoisotopic (exact) mass is 647 g/mol. The van der Waals surface area contributed by atoms with Crippen LogP contribution in [-0.4, -0.2) is 88.7 Å². The zero-order valence-electron chi connectivity index (χ0n) is 24.5. The van der Waals surface area contributed by atoms with Crippen LogP contribution in [0.15, 0.2) is 36.8 Å². The van der Waals surface area contributed by atoms with Crippen molar-refractivity contribution in [3.05, 3.63) is 36.8 Å². The average Bonchev–Trinajstić information content (AvgIpc) is 3.46. The van der Waals surface area contributed by atoms with E-state index in [0.717, 1.165) is 24.0 Å². The van der Waals surface area contributed by atoms with Crippen molar-refractivity contribution in [1.29, 1.82) is 0 Å². The van der Waals surface area contributed by atoms with Gasteiger partial charge in [-0.15, -0.1) is 10.2 Å². The average molecular weight is 648 g/mol. The molecular formula is C27H31F6N7O5. The number of carboxylic acid groups (broad SMARTS) is 2. The summed E-state index contributed by atoms with van der Waals surface area (Å²) in [7, 11) is 3.92. The van der Waals surface area contributed by atoms with Crippen LogP contribution in [0.5, 0.6) is 5.75 Å². The van der Waals surface area contributed by atoms with Crippen LogP contribution in [0, 0.1) is 0 Å². The van der Waals surface area contributed by atoms with Gasteiger partial charge in [0.15, 0.2) is 0 Å². The smallest absolute Gasteiger partial charge is 0.490 e. The molecule has 3 aromatic rings. The Morgan fingerprint density at radius 1 is 0.956 bits per heavy atom. The largest absolute Gasteiger partial charge is 0.507 e. The minimum Gasteiger partial charge on any atom is -0.507 e. The minimum atomic E-state index is -5.08. The van der Waals surface area contributed by atoms with E-state index < -0.39 is 24.3 Å². The molecule has 246 valence electrons. The van der Waals surface area contributed by atoms with E-state index >= 15 is 0 Å². The Labute approximate surface area is 252 Å². The molecule has 1 aromatic carbocycles. The summed E-state index contributed by atoms with van der Waals surface area (Å²) in [4.78, 5) is 24.5. The number of piperidine rings is 1. The standard InChI is InChI=1S/C23H29N7O.2C2HF3O2/c1-22-7-8-23(2,28-22)11-17(10-22)30(4)21-24-13-19(26-27-21)18-6-5-15(9-20(18)31)16-12-25-29(3)14-16;2*3-2(4,5)1(6)7/h5-6,9,12-14,17,28,31H,7-8,10-11H2,1-4H3;2*(H,6,7)/t17?,22-,23+;;. The SMILES string of the molecule is CN(c1ncc(-c2ccc(-c3cnn(C)c3)cc2O)nn1)C1C[C@]2(C)CC[C@](C)(C1)N2.O=C(O)C(F)(F)F.O=C(O)C(F)(F)F. The molecule has 18 heteroatoms. The fourth-order valence-corrected chi connectivity index (χ4v) is 5.31. The topological polar surface area (TPSA) is 167 Å². The summed E-state index contributed by atoms with van der Waals surface area (Å²) < 4.78 is 65.2. The van der Waals surface area contributed by atoms with Crippen LogP contribution in [0.3, 0.4) is 0 Å². The number of carbonyl (C=O) groups is 2. The van der Waals surface area contributed by atoms with Gasteiger partial charge in [0.2, 0.25) is 5.95 Å². The van der Waals surface area contributed by atoms with E-state index in [-0.39, 0.29) is 16.8 Å². The lowest BCUT2D eigenvalue weighted by Crippen LogP contribution is -2.58. The van der Waals surface area contributed by atoms with Gasteiger partial charge in [-0.05, 0) is 57.2 Å². The highest BCUT2D eigenvalue weighted by Crippen LogP contribution is 2.43. The molecular weight excluding hydrogens is 616 g/mol. The number of aryl methyl sites for hydroxylation is 1. The minimum absolute atomic E-state index is 0.148. The molecule has 0 radical (unpaired) electrons. The third-order valence-corrected chi connectivity index (χ3v) is 7.41. The van der Waals surface area contributed by atoms with Crippen molar-refractivity contribution in [2.24, 2.45) is 7.05 Å². The summed E-state index contributed by atoms with van der Waals surface area (Å²) in [5, 5.41) is 41.6. The molecule has 0 amide bonds. The second kappa shape index (κ2) is 12.9. The zero-order chi connectivity index (χ0) is 34.0. The zero-order valence-corrected chi connectivity index (χ0v) is 24.5. The number of aliphatic carboxylic acids is 2. The van der Waals surface area contributed by atoms with E-state index in [0.29, 0.717) is 23.2 Å². The van der Waals surface area contributed by atoms with Gasteiger partial charge in [0.1, 0.15) is 11.4 Å². The van der Waals surface area contributed by atoms with Crippen molar-refractivity contribution in [1.82, 2.24) is 30.3 Å². The van der Waals surface area contributed by atoms with E-state index in [2.05, 4.69) is 51.4 Å². The van der Waals surface area contributed by atoms with Crippen LogP contribution >= 0.6 is 0 Å². The van der Waals surface area contributed by atoms with Crippen molar-refractivity contribution in [3.8, 4) is 28.1 Å². The van der Waals surface area contributed by atoms with Crippen LogP contribution in [0.1, 0.15) is 39.5 Å². The molecule has 2 aliphatic heterocycles. The second-order valence-corrected chi connectivity index (χ2v) is 11.3. The van der Waals surface area contributed by atoms with Crippen LogP contribution in [0.25, 0.3) is 22.4 Å². The number of benzene rings is 1. The Morgan fingerprint density at radius 3 is 1.89 bits per heavy atom. The van der Waals surface area contributed by atoms with E-state index in [1.807, 2.05) is 25.4 Å². The molecule has 2 aromatic heterocycles. The Kier molecular flexibility index (Phi) is 10.0. The number of nitrogens with one attached hydrogen (secondary N) is 1. The van der Waals surface area contributed by atoms with Gasteiger partial charge in [-0.3, -0.25) is 4.68 Å². The molecule has 2 aliphatic rings. The Hall–Kier alpha value is -4.48. The normalized spacial score (nSPS) is 22.4. The number of phenols is 1. The van der Waals surface area contributed by atoms with Crippen LogP contribution in [-0.2, 0) is 16.6 Å². The van der Waals surface area contributed by atoms with Crippen molar-refractivity contribution in [2.75, 3.05) is 11.9 Å². The number of hydrogen-bond acceptors (Lipinski definition) is 9. The number of alkyl halides is 6. The number of halogens is 6. The number of aromatic hydroxyl groups is 1. The first-order valence-corrected chi connectivity index (χ1v) is 13.3. The van der Waals surface area contributed by atoms with Crippen molar-refractivity contribution < 1.29 is 51.3 Å². The number of phenolic OH excluding ortho intramolecular Hbond substituents is 1. The van der Waals surface area contributed by atoms with Crippen LogP contribution in [0.2, 0.25) is 0 Å². The van der Waals surface area contributed by atoms with Gasteiger partial charge in [-0.2, -0.15) is 31.4 Å². The highest BCUT2D eigenvalue weighted by molar-refractivity contribution is 5.74. The molecule has 4 N–H and O–H groups in total. The molecule has 2 fully saturated rings. The maximum atomic E-state index is 10.6. The lowest BCUT2D eigenvalue weighted by molar-refractivity contribution is -0.193. The lowest BCUT2D eigenvalue weighted by Gasteiger charge is -2.45. The molecule has 3 atom stereocenters. The van der Waals surface area contributed by atoms with Gasteiger partial charge >= 0.3 is 24.3 Å². The third kappa shape index (κ3) is 9.02. The van der Waals surface area contributed by atoms with Crippen LogP contribution in [0.4, 0.5) is 32.3 Å². The van der Waals surface area contributed by atoms with E-state index in [9.17, 15) is 31.4 Å². The van der Waals surface area contributed by atoms with Crippen molar-refractivity contribution in [3.63, 3.8) is 0 Å². The van der Waals surface area contributed by atoms with Gasteiger partial charge in [0.25, 0.3) is 0 Å². The predicted molar refractivity (Wildman–Crippen MR) is 147 cm³/mol. The van der Waals surface area contributed by atoms with Crippen molar-refractivity contribution >= 4 is 17.9 Å². The molecule has 0 aliphatic carbocycles. The molecule has 45 heavy (non-hydrogen) atoms. The first-order valence-electron chi connectivity index (χ1n) is 13.3. The molecule has 2 saturated heterocycles. The summed E-state index contributed by atoms with van der Waals surface area (Å²) >= 11 is 0. The van der Waals surface area contributed by atoms with Gasteiger partial charge in [-0.25, -0.2) is 14.6 Å². The number of fused-ring (bicyclic) bond motifs is 2. The van der Waals surface area contributed by atoms with Gasteiger partial charge < -0.3 is 25.5 Å². The fraction of sp³-hybridized carbons (Fsp3) is 0.481. The molecule has 0 saturated carbocycles.